The van der Waals surface area contributed by atoms with E-state index in [-0.39, 0.29) is 0 Å². The fourth-order valence-electron chi connectivity index (χ4n) is 0.710. The summed E-state index contributed by atoms with van der Waals surface area (Å²) in [4.78, 5) is 0. The lowest BCUT2D eigenvalue weighted by molar-refractivity contribution is 0.933. The molecule has 0 aliphatic rings. The van der Waals surface area contributed by atoms with E-state index in [2.05, 4.69) is 32.2 Å². The first kappa shape index (κ1) is 8.15. The van der Waals surface area contributed by atoms with Gasteiger partial charge < -0.3 is 0 Å². The fraction of sp³-hybridized carbons (Fsp3) is 0.286. The molecule has 0 bridgehead atoms. The number of rotatable bonds is 0. The second kappa shape index (κ2) is 2.97. The second-order valence-corrected chi connectivity index (χ2v) is 2.94. The maximum Gasteiger partial charge on any atom is 0.146 e. The van der Waals surface area contributed by atoms with Gasteiger partial charge in [0.2, 0.25) is 0 Å². The normalized spacial score (nSPS) is 9.27. The first-order valence-electron chi connectivity index (χ1n) is 3.06. The van der Waals surface area contributed by atoms with Gasteiger partial charge in [0, 0.05) is 0 Å². The predicted octanol–water partition coefficient (Wildman–Crippen LogP) is 1.73. The van der Waals surface area contributed by atoms with Gasteiger partial charge in [0.05, 0.1) is 11.3 Å². The molecule has 0 atom stereocenters. The molecule has 1 rings (SSSR count). The monoisotopic (exact) mass is 211 g/mol. The average Bonchev–Trinajstić information content (AvgIpc) is 1.99. The van der Waals surface area contributed by atoms with E-state index in [0.717, 1.165) is 11.3 Å². The highest BCUT2D eigenvalue weighted by atomic mass is 79.9. The lowest BCUT2D eigenvalue weighted by Gasteiger charge is -2.00. The minimum atomic E-state index is 0.517. The van der Waals surface area contributed by atoms with Crippen molar-refractivity contribution in [3.63, 3.8) is 0 Å². The van der Waals surface area contributed by atoms with Crippen LogP contribution in [-0.4, -0.2) is 10.2 Å². The van der Waals surface area contributed by atoms with Crippen LogP contribution in [-0.2, 0) is 0 Å². The number of hydrogen-bond acceptors (Lipinski definition) is 3. The van der Waals surface area contributed by atoms with Gasteiger partial charge in [0.1, 0.15) is 10.7 Å². The lowest BCUT2D eigenvalue weighted by atomic mass is 10.1. The van der Waals surface area contributed by atoms with Crippen molar-refractivity contribution >= 4 is 15.9 Å². The molecule has 1 aromatic rings. The van der Waals surface area contributed by atoms with Gasteiger partial charge in [0.15, 0.2) is 0 Å². The van der Waals surface area contributed by atoms with Crippen LogP contribution in [0.5, 0.6) is 0 Å². The number of halogens is 1. The standard InChI is InChI=1S/C7H6BrN3/c1-4-5(2)10-11-7(8)6(4)3-9/h1-2H3. The number of aromatic nitrogens is 2. The van der Waals surface area contributed by atoms with E-state index in [1.54, 1.807) is 0 Å². The Balaban J connectivity index is 3.44. The third-order valence-electron chi connectivity index (χ3n) is 1.52. The topological polar surface area (TPSA) is 49.6 Å². The number of aryl methyl sites for hydroxylation is 1. The molecule has 0 fully saturated rings. The maximum absolute atomic E-state index is 8.68. The fourth-order valence-corrected chi connectivity index (χ4v) is 1.17. The molecule has 0 N–H and O–H groups in total. The van der Waals surface area contributed by atoms with E-state index in [1.165, 1.54) is 0 Å². The van der Waals surface area contributed by atoms with Gasteiger partial charge in [-0.25, -0.2) is 0 Å². The van der Waals surface area contributed by atoms with Gasteiger partial charge in [-0.05, 0) is 35.3 Å². The molecule has 56 valence electrons. The quantitative estimate of drug-likeness (QED) is 0.657. The van der Waals surface area contributed by atoms with E-state index in [0.29, 0.717) is 10.2 Å². The smallest absolute Gasteiger partial charge is 0.146 e. The number of nitrogens with zero attached hydrogens (tertiary/aromatic N) is 3. The van der Waals surface area contributed by atoms with Gasteiger partial charge in [-0.1, -0.05) is 0 Å². The molecule has 3 nitrogen and oxygen atoms in total. The Morgan fingerprint density at radius 2 is 2.00 bits per heavy atom. The molecule has 0 saturated carbocycles. The SMILES string of the molecule is Cc1nnc(Br)c(C#N)c1C. The molecule has 1 aromatic heterocycles. The van der Waals surface area contributed by atoms with E-state index < -0.39 is 0 Å². The van der Waals surface area contributed by atoms with Crippen molar-refractivity contribution in [1.29, 1.82) is 5.26 Å². The third-order valence-corrected chi connectivity index (χ3v) is 2.08. The van der Waals surface area contributed by atoms with Crippen molar-refractivity contribution in [2.24, 2.45) is 0 Å². The third kappa shape index (κ3) is 1.38. The Hall–Kier alpha value is -0.950. The molecule has 0 aliphatic heterocycles. The van der Waals surface area contributed by atoms with Crippen LogP contribution in [0.25, 0.3) is 0 Å². The molecule has 0 aromatic carbocycles. The first-order valence-corrected chi connectivity index (χ1v) is 3.85. The van der Waals surface area contributed by atoms with E-state index in [4.69, 9.17) is 5.26 Å². The summed E-state index contributed by atoms with van der Waals surface area (Å²) in [6.45, 7) is 3.68. The molecule has 4 heteroatoms. The van der Waals surface area contributed by atoms with Crippen molar-refractivity contribution in [2.45, 2.75) is 13.8 Å². The molecule has 0 amide bonds. The van der Waals surface area contributed by atoms with Crippen molar-refractivity contribution in [2.75, 3.05) is 0 Å². The highest BCUT2D eigenvalue weighted by molar-refractivity contribution is 9.10. The summed E-state index contributed by atoms with van der Waals surface area (Å²) in [6.07, 6.45) is 0. The Morgan fingerprint density at radius 3 is 2.45 bits per heavy atom. The van der Waals surface area contributed by atoms with Gasteiger partial charge in [-0.3, -0.25) is 0 Å². The van der Waals surface area contributed by atoms with Gasteiger partial charge in [0.25, 0.3) is 0 Å². The summed E-state index contributed by atoms with van der Waals surface area (Å²) in [5.41, 5.74) is 2.25. The molecule has 1 heterocycles. The minimum absolute atomic E-state index is 0.517. The highest BCUT2D eigenvalue weighted by Gasteiger charge is 2.06. The summed E-state index contributed by atoms with van der Waals surface area (Å²) in [7, 11) is 0. The van der Waals surface area contributed by atoms with Crippen molar-refractivity contribution in [1.82, 2.24) is 10.2 Å². The maximum atomic E-state index is 8.68. The van der Waals surface area contributed by atoms with Gasteiger partial charge >= 0.3 is 0 Å². The second-order valence-electron chi connectivity index (χ2n) is 2.19. The zero-order valence-electron chi connectivity index (χ0n) is 6.22. The summed E-state index contributed by atoms with van der Waals surface area (Å²) in [5.74, 6) is 0. The van der Waals surface area contributed by atoms with E-state index in [1.807, 2.05) is 13.8 Å². The minimum Gasteiger partial charge on any atom is -0.192 e. The van der Waals surface area contributed by atoms with Gasteiger partial charge in [-0.2, -0.15) is 10.4 Å². The van der Waals surface area contributed by atoms with Crippen LogP contribution in [0.15, 0.2) is 4.60 Å². The highest BCUT2D eigenvalue weighted by Crippen LogP contribution is 2.16. The van der Waals surface area contributed by atoms with Gasteiger partial charge in [-0.15, -0.1) is 5.10 Å². The average molecular weight is 212 g/mol. The Morgan fingerprint density at radius 1 is 1.36 bits per heavy atom. The molecule has 0 saturated heterocycles. The Bertz CT molecular complexity index is 327. The summed E-state index contributed by atoms with van der Waals surface area (Å²) < 4.78 is 0.517. The predicted molar refractivity (Wildman–Crippen MR) is 43.9 cm³/mol. The van der Waals surface area contributed by atoms with Crippen LogP contribution >= 0.6 is 15.9 Å². The van der Waals surface area contributed by atoms with Crippen molar-refractivity contribution < 1.29 is 0 Å². The summed E-state index contributed by atoms with van der Waals surface area (Å²) in [5, 5.41) is 16.3. The van der Waals surface area contributed by atoms with E-state index >= 15 is 0 Å². The number of hydrogen-bond donors (Lipinski definition) is 0. The molecular formula is C7H6BrN3. The molecule has 0 aliphatic carbocycles. The van der Waals surface area contributed by atoms with Crippen LogP contribution in [0, 0.1) is 25.2 Å². The zero-order chi connectivity index (χ0) is 8.43. The number of nitriles is 1. The Labute approximate surface area is 73.2 Å². The largest absolute Gasteiger partial charge is 0.192 e. The van der Waals surface area contributed by atoms with Crippen LogP contribution < -0.4 is 0 Å². The van der Waals surface area contributed by atoms with Crippen LogP contribution in [0.3, 0.4) is 0 Å². The molecule has 0 radical (unpaired) electrons. The van der Waals surface area contributed by atoms with Crippen molar-refractivity contribution in [3.05, 3.63) is 21.4 Å². The zero-order valence-corrected chi connectivity index (χ0v) is 7.81. The Kier molecular flexibility index (Phi) is 2.20. The molecule has 0 spiro atoms. The summed E-state index contributed by atoms with van der Waals surface area (Å²) >= 11 is 3.15. The van der Waals surface area contributed by atoms with Crippen molar-refractivity contribution in [3.8, 4) is 6.07 Å². The molecule has 0 unspecified atom stereocenters. The summed E-state index contributed by atoms with van der Waals surface area (Å²) in [6, 6.07) is 2.05. The van der Waals surface area contributed by atoms with E-state index in [9.17, 15) is 0 Å². The molecule has 11 heavy (non-hydrogen) atoms. The molecular weight excluding hydrogens is 206 g/mol. The first-order chi connectivity index (χ1) is 5.16. The van der Waals surface area contributed by atoms with Crippen LogP contribution in [0.1, 0.15) is 16.8 Å². The van der Waals surface area contributed by atoms with Crippen LogP contribution in [0.4, 0.5) is 0 Å². The van der Waals surface area contributed by atoms with Crippen LogP contribution in [0.2, 0.25) is 0 Å². The lowest BCUT2D eigenvalue weighted by Crippen LogP contribution is -1.96.